The highest BCUT2D eigenvalue weighted by molar-refractivity contribution is 9.11. The molecule has 3 nitrogen and oxygen atoms in total. The summed E-state index contributed by atoms with van der Waals surface area (Å²) in [5.41, 5.74) is 0.592. The first-order valence-electron chi connectivity index (χ1n) is 5.80. The van der Waals surface area contributed by atoms with Gasteiger partial charge in [-0.05, 0) is 43.7 Å². The van der Waals surface area contributed by atoms with Gasteiger partial charge in [-0.15, -0.1) is 0 Å². The van der Waals surface area contributed by atoms with Gasteiger partial charge in [0.25, 0.3) is 0 Å². The SMILES string of the molecule is CC1(C(=O)O)CCN(Cc2cc(Br)cc(Br)c2)C1. The van der Waals surface area contributed by atoms with Gasteiger partial charge in [-0.25, -0.2) is 0 Å². The number of carbonyl (C=O) groups is 1. The third-order valence-corrected chi connectivity index (χ3v) is 4.31. The molecule has 1 N–H and O–H groups in total. The Morgan fingerprint density at radius 2 is 2.00 bits per heavy atom. The van der Waals surface area contributed by atoms with E-state index in [0.717, 1.165) is 28.5 Å². The van der Waals surface area contributed by atoms with Gasteiger partial charge in [-0.2, -0.15) is 0 Å². The van der Waals surface area contributed by atoms with E-state index in [1.165, 1.54) is 5.56 Å². The molecule has 98 valence electrons. The Hall–Kier alpha value is -0.390. The summed E-state index contributed by atoms with van der Waals surface area (Å²) in [5.74, 6) is -0.694. The Morgan fingerprint density at radius 1 is 1.39 bits per heavy atom. The Morgan fingerprint density at radius 3 is 2.50 bits per heavy atom. The van der Waals surface area contributed by atoms with Crippen molar-refractivity contribution in [3.63, 3.8) is 0 Å². The molecule has 0 amide bonds. The summed E-state index contributed by atoms with van der Waals surface area (Å²) in [6.07, 6.45) is 0.720. The van der Waals surface area contributed by atoms with Gasteiger partial charge in [0.05, 0.1) is 5.41 Å². The molecular formula is C13H15Br2NO2. The average Bonchev–Trinajstić information content (AvgIpc) is 2.60. The Bertz CT molecular complexity index is 458. The van der Waals surface area contributed by atoms with Gasteiger partial charge in [0.1, 0.15) is 0 Å². The molecule has 1 fully saturated rings. The fourth-order valence-electron chi connectivity index (χ4n) is 2.33. The number of carboxylic acid groups (broad SMARTS) is 1. The molecule has 1 heterocycles. The molecule has 2 rings (SSSR count). The van der Waals surface area contributed by atoms with Crippen LogP contribution in [-0.4, -0.2) is 29.1 Å². The highest BCUT2D eigenvalue weighted by atomic mass is 79.9. The number of benzene rings is 1. The fourth-order valence-corrected chi connectivity index (χ4v) is 3.71. The van der Waals surface area contributed by atoms with Gasteiger partial charge in [-0.3, -0.25) is 9.69 Å². The average molecular weight is 377 g/mol. The first-order valence-corrected chi connectivity index (χ1v) is 7.38. The molecular weight excluding hydrogens is 362 g/mol. The molecule has 1 atom stereocenters. The Balaban J connectivity index is 2.06. The molecule has 0 bridgehead atoms. The number of halogens is 2. The molecule has 0 aliphatic carbocycles. The number of rotatable bonds is 3. The quantitative estimate of drug-likeness (QED) is 0.877. The summed E-state index contributed by atoms with van der Waals surface area (Å²) in [6.45, 7) is 4.08. The maximum atomic E-state index is 11.2. The van der Waals surface area contributed by atoms with Gasteiger partial charge < -0.3 is 5.11 Å². The van der Waals surface area contributed by atoms with E-state index in [9.17, 15) is 9.90 Å². The van der Waals surface area contributed by atoms with E-state index in [1.54, 1.807) is 0 Å². The van der Waals surface area contributed by atoms with E-state index in [2.05, 4.69) is 48.9 Å². The van der Waals surface area contributed by atoms with Crippen molar-refractivity contribution >= 4 is 37.8 Å². The van der Waals surface area contributed by atoms with Crippen LogP contribution in [0.4, 0.5) is 0 Å². The van der Waals surface area contributed by atoms with Crippen molar-refractivity contribution in [1.29, 1.82) is 0 Å². The Kier molecular flexibility index (Phi) is 4.14. The molecule has 18 heavy (non-hydrogen) atoms. The van der Waals surface area contributed by atoms with E-state index in [4.69, 9.17) is 0 Å². The van der Waals surface area contributed by atoms with E-state index >= 15 is 0 Å². The van der Waals surface area contributed by atoms with Gasteiger partial charge >= 0.3 is 5.97 Å². The second-order valence-electron chi connectivity index (χ2n) is 5.10. The van der Waals surface area contributed by atoms with Crippen LogP contribution in [0.2, 0.25) is 0 Å². The van der Waals surface area contributed by atoms with Crippen molar-refractivity contribution in [3.8, 4) is 0 Å². The monoisotopic (exact) mass is 375 g/mol. The molecule has 0 saturated carbocycles. The molecule has 0 aromatic heterocycles. The summed E-state index contributed by atoms with van der Waals surface area (Å²) >= 11 is 6.93. The van der Waals surface area contributed by atoms with Crippen LogP contribution in [0.25, 0.3) is 0 Å². The van der Waals surface area contributed by atoms with Crippen LogP contribution in [0.1, 0.15) is 18.9 Å². The molecule has 1 saturated heterocycles. The lowest BCUT2D eigenvalue weighted by atomic mass is 9.90. The number of hydrogen-bond acceptors (Lipinski definition) is 2. The van der Waals surface area contributed by atoms with Crippen molar-refractivity contribution in [3.05, 3.63) is 32.7 Å². The van der Waals surface area contributed by atoms with Crippen LogP contribution in [-0.2, 0) is 11.3 Å². The fraction of sp³-hybridized carbons (Fsp3) is 0.462. The number of likely N-dealkylation sites (tertiary alicyclic amines) is 1. The van der Waals surface area contributed by atoms with Crippen molar-refractivity contribution in [2.45, 2.75) is 19.9 Å². The minimum absolute atomic E-state index is 0.594. The molecule has 0 spiro atoms. The minimum atomic E-state index is -0.694. The maximum absolute atomic E-state index is 11.2. The summed E-state index contributed by atoms with van der Waals surface area (Å²) < 4.78 is 2.07. The first kappa shape index (κ1) is 14.0. The second kappa shape index (κ2) is 5.31. The molecule has 1 aromatic carbocycles. The third-order valence-electron chi connectivity index (χ3n) is 3.40. The van der Waals surface area contributed by atoms with Gasteiger partial charge in [0.2, 0.25) is 0 Å². The van der Waals surface area contributed by atoms with E-state index in [-0.39, 0.29) is 0 Å². The zero-order valence-corrected chi connectivity index (χ0v) is 13.3. The Labute approximate surface area is 123 Å². The molecule has 1 aliphatic rings. The predicted molar refractivity (Wildman–Crippen MR) is 77.5 cm³/mol. The van der Waals surface area contributed by atoms with Gasteiger partial charge in [0.15, 0.2) is 0 Å². The summed E-state index contributed by atoms with van der Waals surface area (Å²) in [7, 11) is 0. The molecule has 1 aliphatic heterocycles. The topological polar surface area (TPSA) is 40.5 Å². The maximum Gasteiger partial charge on any atom is 0.310 e. The van der Waals surface area contributed by atoms with Crippen LogP contribution in [0.5, 0.6) is 0 Å². The van der Waals surface area contributed by atoms with Crippen molar-refractivity contribution < 1.29 is 9.90 Å². The third kappa shape index (κ3) is 3.13. The molecule has 1 unspecified atom stereocenters. The van der Waals surface area contributed by atoms with Crippen LogP contribution in [0.3, 0.4) is 0 Å². The van der Waals surface area contributed by atoms with E-state index in [0.29, 0.717) is 6.54 Å². The van der Waals surface area contributed by atoms with E-state index in [1.807, 2.05) is 13.0 Å². The summed E-state index contributed by atoms with van der Waals surface area (Å²) in [4.78, 5) is 13.4. The van der Waals surface area contributed by atoms with Gasteiger partial charge in [-0.1, -0.05) is 31.9 Å². The smallest absolute Gasteiger partial charge is 0.310 e. The van der Waals surface area contributed by atoms with Crippen LogP contribution >= 0.6 is 31.9 Å². The first-order chi connectivity index (χ1) is 8.39. The molecule has 1 aromatic rings. The number of nitrogens with zero attached hydrogens (tertiary/aromatic N) is 1. The zero-order valence-electron chi connectivity index (χ0n) is 10.1. The zero-order chi connectivity index (χ0) is 13.3. The predicted octanol–water partition coefficient (Wildman–Crippen LogP) is 3.51. The largest absolute Gasteiger partial charge is 0.481 e. The summed E-state index contributed by atoms with van der Waals surface area (Å²) in [6, 6.07) is 6.14. The lowest BCUT2D eigenvalue weighted by Gasteiger charge is -2.20. The van der Waals surface area contributed by atoms with Crippen molar-refractivity contribution in [2.24, 2.45) is 5.41 Å². The van der Waals surface area contributed by atoms with Crippen molar-refractivity contribution in [1.82, 2.24) is 4.90 Å². The molecule has 0 radical (unpaired) electrons. The van der Waals surface area contributed by atoms with Crippen LogP contribution in [0, 0.1) is 5.41 Å². The highest BCUT2D eigenvalue weighted by Gasteiger charge is 2.40. The number of carboxylic acids is 1. The second-order valence-corrected chi connectivity index (χ2v) is 6.94. The standard InChI is InChI=1S/C13H15Br2NO2/c1-13(12(17)18)2-3-16(8-13)7-9-4-10(14)6-11(15)5-9/h4-6H,2-3,7-8H2,1H3,(H,17,18). The van der Waals surface area contributed by atoms with Crippen molar-refractivity contribution in [2.75, 3.05) is 13.1 Å². The van der Waals surface area contributed by atoms with Crippen LogP contribution in [0.15, 0.2) is 27.1 Å². The number of hydrogen-bond donors (Lipinski definition) is 1. The lowest BCUT2D eigenvalue weighted by Crippen LogP contribution is -2.31. The van der Waals surface area contributed by atoms with E-state index < -0.39 is 11.4 Å². The normalized spacial score (nSPS) is 24.4. The summed E-state index contributed by atoms with van der Waals surface area (Å²) in [5, 5.41) is 9.20. The lowest BCUT2D eigenvalue weighted by molar-refractivity contribution is -0.147. The molecule has 5 heteroatoms. The van der Waals surface area contributed by atoms with Gasteiger partial charge in [0, 0.05) is 22.0 Å². The minimum Gasteiger partial charge on any atom is -0.481 e. The number of aliphatic carboxylic acids is 1. The van der Waals surface area contributed by atoms with Crippen LogP contribution < -0.4 is 0 Å². The highest BCUT2D eigenvalue weighted by Crippen LogP contribution is 2.31.